The van der Waals surface area contributed by atoms with Crippen LogP contribution in [0.15, 0.2) is 46.3 Å². The van der Waals surface area contributed by atoms with Crippen LogP contribution in [0, 0.1) is 6.92 Å². The fourth-order valence-electron chi connectivity index (χ4n) is 3.50. The van der Waals surface area contributed by atoms with Gasteiger partial charge >= 0.3 is 0 Å². The van der Waals surface area contributed by atoms with Crippen LogP contribution in [0.5, 0.6) is 5.75 Å². The molecule has 0 aliphatic carbocycles. The van der Waals surface area contributed by atoms with E-state index in [-0.39, 0.29) is 5.56 Å². The molecule has 1 aliphatic heterocycles. The topological polar surface area (TPSA) is 56.6 Å². The molecule has 1 aromatic heterocycles. The molecule has 0 unspecified atom stereocenters. The lowest BCUT2D eigenvalue weighted by Crippen LogP contribution is -2.37. The van der Waals surface area contributed by atoms with Crippen LogP contribution in [0.2, 0.25) is 5.02 Å². The van der Waals surface area contributed by atoms with Crippen molar-refractivity contribution >= 4 is 34.3 Å². The fraction of sp³-hybridized carbons (Fsp3) is 0.364. The van der Waals surface area contributed by atoms with Crippen molar-refractivity contribution in [3.63, 3.8) is 0 Å². The highest BCUT2D eigenvalue weighted by molar-refractivity contribution is 7.99. The van der Waals surface area contributed by atoms with E-state index in [1.165, 1.54) is 0 Å². The quantitative estimate of drug-likeness (QED) is 0.425. The van der Waals surface area contributed by atoms with E-state index in [2.05, 4.69) is 4.90 Å². The van der Waals surface area contributed by atoms with E-state index in [4.69, 9.17) is 26.1 Å². The second kappa shape index (κ2) is 9.39. The molecule has 3 aromatic rings. The number of thioether (sulfide) groups is 1. The molecule has 0 radical (unpaired) electrons. The average molecular weight is 446 g/mol. The van der Waals surface area contributed by atoms with Gasteiger partial charge in [0.05, 0.1) is 36.9 Å². The highest BCUT2D eigenvalue weighted by Gasteiger charge is 2.18. The van der Waals surface area contributed by atoms with Gasteiger partial charge < -0.3 is 9.47 Å². The van der Waals surface area contributed by atoms with Gasteiger partial charge in [0, 0.05) is 36.5 Å². The van der Waals surface area contributed by atoms with E-state index >= 15 is 0 Å². The Morgan fingerprint density at radius 2 is 2.00 bits per heavy atom. The van der Waals surface area contributed by atoms with Gasteiger partial charge in [0.2, 0.25) is 0 Å². The Kier molecular flexibility index (Phi) is 6.63. The minimum atomic E-state index is -0.116. The zero-order chi connectivity index (χ0) is 21.1. The monoisotopic (exact) mass is 445 g/mol. The summed E-state index contributed by atoms with van der Waals surface area (Å²) in [6, 6.07) is 11.1. The van der Waals surface area contributed by atoms with Gasteiger partial charge in [-0.25, -0.2) is 4.98 Å². The lowest BCUT2D eigenvalue weighted by atomic mass is 10.2. The molecule has 2 aromatic carbocycles. The van der Waals surface area contributed by atoms with E-state index < -0.39 is 0 Å². The zero-order valence-corrected chi connectivity index (χ0v) is 18.6. The number of morpholine rings is 1. The summed E-state index contributed by atoms with van der Waals surface area (Å²) in [4.78, 5) is 20.7. The van der Waals surface area contributed by atoms with Crippen molar-refractivity contribution in [1.82, 2.24) is 14.5 Å². The predicted molar refractivity (Wildman–Crippen MR) is 122 cm³/mol. The predicted octanol–water partition coefficient (Wildman–Crippen LogP) is 3.78. The van der Waals surface area contributed by atoms with Crippen LogP contribution in [0.3, 0.4) is 0 Å². The summed E-state index contributed by atoms with van der Waals surface area (Å²) in [6.07, 6.45) is 0. The normalized spacial score (nSPS) is 14.9. The van der Waals surface area contributed by atoms with Gasteiger partial charge in [-0.2, -0.15) is 0 Å². The molecule has 0 amide bonds. The van der Waals surface area contributed by atoms with Crippen LogP contribution in [0.1, 0.15) is 5.56 Å². The summed E-state index contributed by atoms with van der Waals surface area (Å²) < 4.78 is 12.6. The van der Waals surface area contributed by atoms with E-state index in [1.54, 1.807) is 35.6 Å². The largest absolute Gasteiger partial charge is 0.495 e. The first-order valence-electron chi connectivity index (χ1n) is 9.87. The van der Waals surface area contributed by atoms with Crippen LogP contribution < -0.4 is 10.3 Å². The van der Waals surface area contributed by atoms with Crippen molar-refractivity contribution in [3.8, 4) is 11.4 Å². The Bertz CT molecular complexity index is 1110. The van der Waals surface area contributed by atoms with Gasteiger partial charge in [0.25, 0.3) is 5.56 Å². The van der Waals surface area contributed by atoms with E-state index in [0.717, 1.165) is 44.2 Å². The maximum atomic E-state index is 13.5. The molecule has 1 aliphatic rings. The summed E-state index contributed by atoms with van der Waals surface area (Å²) in [5, 5.41) is 1.82. The SMILES string of the molecule is COc1cc(Cl)c(C)cc1-n1c(SCCN2CCOCC2)nc2ccccc2c1=O. The van der Waals surface area contributed by atoms with Crippen molar-refractivity contribution < 1.29 is 9.47 Å². The van der Waals surface area contributed by atoms with Gasteiger partial charge in [0.1, 0.15) is 5.75 Å². The smallest absolute Gasteiger partial charge is 0.266 e. The molecule has 1 saturated heterocycles. The number of rotatable bonds is 6. The van der Waals surface area contributed by atoms with Crippen LogP contribution in [-0.2, 0) is 4.74 Å². The second-order valence-corrected chi connectivity index (χ2v) is 8.60. The van der Waals surface area contributed by atoms with Crippen LogP contribution >= 0.6 is 23.4 Å². The lowest BCUT2D eigenvalue weighted by molar-refractivity contribution is 0.0410. The standard InChI is InChI=1S/C22H24ClN3O3S/c1-15-13-19(20(28-2)14-17(15)23)26-21(27)16-5-3-4-6-18(16)24-22(26)30-12-9-25-7-10-29-11-8-25/h3-6,13-14H,7-12H2,1-2H3. The Morgan fingerprint density at radius 1 is 1.23 bits per heavy atom. The molecule has 0 bridgehead atoms. The number of fused-ring (bicyclic) bond motifs is 1. The van der Waals surface area contributed by atoms with Crippen molar-refractivity contribution in [2.75, 3.05) is 45.7 Å². The van der Waals surface area contributed by atoms with Crippen LogP contribution in [0.25, 0.3) is 16.6 Å². The third-order valence-corrected chi connectivity index (χ3v) is 6.51. The Labute approximate surface area is 184 Å². The molecule has 0 saturated carbocycles. The number of benzene rings is 2. The Balaban J connectivity index is 1.77. The number of ether oxygens (including phenoxy) is 2. The highest BCUT2D eigenvalue weighted by atomic mass is 35.5. The summed E-state index contributed by atoms with van der Waals surface area (Å²) in [7, 11) is 1.58. The maximum absolute atomic E-state index is 13.5. The van der Waals surface area contributed by atoms with Crippen molar-refractivity contribution in [3.05, 3.63) is 57.3 Å². The molecule has 0 atom stereocenters. The van der Waals surface area contributed by atoms with Crippen LogP contribution in [0.4, 0.5) is 0 Å². The van der Waals surface area contributed by atoms with Crippen LogP contribution in [-0.4, -0.2) is 60.2 Å². The van der Waals surface area contributed by atoms with Gasteiger partial charge in [-0.05, 0) is 30.7 Å². The molecule has 1 fully saturated rings. The van der Waals surface area contributed by atoms with Gasteiger partial charge in [-0.15, -0.1) is 0 Å². The molecule has 8 heteroatoms. The molecule has 158 valence electrons. The Hall–Kier alpha value is -2.06. The van der Waals surface area contributed by atoms with E-state index in [1.807, 2.05) is 31.2 Å². The third kappa shape index (κ3) is 4.34. The van der Waals surface area contributed by atoms with Crippen molar-refractivity contribution in [2.24, 2.45) is 0 Å². The lowest BCUT2D eigenvalue weighted by Gasteiger charge is -2.26. The average Bonchev–Trinajstić information content (AvgIpc) is 2.76. The maximum Gasteiger partial charge on any atom is 0.266 e. The molecular formula is C22H24ClN3O3S. The van der Waals surface area contributed by atoms with Gasteiger partial charge in [-0.1, -0.05) is 35.5 Å². The second-order valence-electron chi connectivity index (χ2n) is 7.13. The molecule has 6 nitrogen and oxygen atoms in total. The number of halogens is 1. The number of nitrogens with zero attached hydrogens (tertiary/aromatic N) is 3. The first-order valence-corrected chi connectivity index (χ1v) is 11.2. The minimum Gasteiger partial charge on any atom is -0.495 e. The fourth-order valence-corrected chi connectivity index (χ4v) is 4.66. The number of aryl methyl sites for hydroxylation is 1. The molecule has 0 N–H and O–H groups in total. The molecular weight excluding hydrogens is 422 g/mol. The van der Waals surface area contributed by atoms with E-state index in [9.17, 15) is 4.79 Å². The third-order valence-electron chi connectivity index (χ3n) is 5.19. The van der Waals surface area contributed by atoms with Crippen molar-refractivity contribution in [1.29, 1.82) is 0 Å². The molecule has 2 heterocycles. The Morgan fingerprint density at radius 3 is 2.77 bits per heavy atom. The summed E-state index contributed by atoms with van der Waals surface area (Å²) in [6.45, 7) is 6.23. The van der Waals surface area contributed by atoms with E-state index in [0.29, 0.717) is 32.5 Å². The van der Waals surface area contributed by atoms with Gasteiger partial charge in [0.15, 0.2) is 5.16 Å². The summed E-state index contributed by atoms with van der Waals surface area (Å²) in [5.74, 6) is 1.36. The number of methoxy groups -OCH3 is 1. The highest BCUT2D eigenvalue weighted by Crippen LogP contribution is 2.32. The summed E-state index contributed by atoms with van der Waals surface area (Å²) >= 11 is 7.87. The first kappa shape index (κ1) is 21.2. The van der Waals surface area contributed by atoms with Crippen molar-refractivity contribution in [2.45, 2.75) is 12.1 Å². The minimum absolute atomic E-state index is 0.116. The number of hydrogen-bond acceptors (Lipinski definition) is 6. The summed E-state index contributed by atoms with van der Waals surface area (Å²) in [5.41, 5.74) is 2.10. The first-order chi connectivity index (χ1) is 14.6. The zero-order valence-electron chi connectivity index (χ0n) is 17.1. The number of para-hydroxylation sites is 1. The molecule has 30 heavy (non-hydrogen) atoms. The number of aromatic nitrogens is 2. The number of hydrogen-bond donors (Lipinski definition) is 0. The molecule has 4 rings (SSSR count). The van der Waals surface area contributed by atoms with Gasteiger partial charge in [-0.3, -0.25) is 14.3 Å². The molecule has 0 spiro atoms.